The number of primary sulfonamides is 1. The maximum atomic E-state index is 11.4. The SMILES string of the molecule is NS(=O)(=O)CCNC(=O)CCCc1ccccc1. The highest BCUT2D eigenvalue weighted by Gasteiger charge is 2.05. The summed E-state index contributed by atoms with van der Waals surface area (Å²) in [4.78, 5) is 11.4. The minimum absolute atomic E-state index is 0.0724. The Morgan fingerprint density at radius 2 is 1.89 bits per heavy atom. The molecule has 0 aromatic heterocycles. The van der Waals surface area contributed by atoms with Crippen LogP contribution in [0.2, 0.25) is 0 Å². The van der Waals surface area contributed by atoms with Crippen molar-refractivity contribution >= 4 is 15.9 Å². The van der Waals surface area contributed by atoms with Gasteiger partial charge in [-0.1, -0.05) is 30.3 Å². The minimum atomic E-state index is -3.50. The third kappa shape index (κ3) is 7.03. The van der Waals surface area contributed by atoms with Crippen molar-refractivity contribution in [3.63, 3.8) is 0 Å². The average Bonchev–Trinajstić information content (AvgIpc) is 2.28. The van der Waals surface area contributed by atoms with Crippen molar-refractivity contribution in [2.45, 2.75) is 19.3 Å². The van der Waals surface area contributed by atoms with E-state index in [1.54, 1.807) is 0 Å². The van der Waals surface area contributed by atoms with Gasteiger partial charge in [0.05, 0.1) is 5.75 Å². The van der Waals surface area contributed by atoms with Gasteiger partial charge in [0.15, 0.2) is 0 Å². The number of nitrogens with two attached hydrogens (primary N) is 1. The molecule has 3 N–H and O–H groups in total. The molecule has 1 aromatic carbocycles. The van der Waals surface area contributed by atoms with Crippen LogP contribution in [0, 0.1) is 0 Å². The van der Waals surface area contributed by atoms with Crippen molar-refractivity contribution in [2.24, 2.45) is 5.14 Å². The first-order valence-electron chi connectivity index (χ1n) is 5.78. The van der Waals surface area contributed by atoms with Crippen LogP contribution in [-0.4, -0.2) is 26.6 Å². The zero-order chi connectivity index (χ0) is 13.4. The van der Waals surface area contributed by atoms with E-state index < -0.39 is 10.0 Å². The summed E-state index contributed by atoms with van der Waals surface area (Å²) in [7, 11) is -3.50. The normalized spacial score (nSPS) is 11.2. The van der Waals surface area contributed by atoms with E-state index in [2.05, 4.69) is 5.32 Å². The molecule has 0 aliphatic heterocycles. The maximum Gasteiger partial charge on any atom is 0.220 e. The van der Waals surface area contributed by atoms with E-state index in [0.717, 1.165) is 12.8 Å². The third-order valence-corrected chi connectivity index (χ3v) is 3.19. The number of rotatable bonds is 7. The van der Waals surface area contributed by atoms with E-state index in [1.807, 2.05) is 30.3 Å². The molecule has 0 saturated carbocycles. The number of hydrogen-bond donors (Lipinski definition) is 2. The van der Waals surface area contributed by atoms with Gasteiger partial charge in [0.1, 0.15) is 0 Å². The lowest BCUT2D eigenvalue weighted by Crippen LogP contribution is -2.31. The van der Waals surface area contributed by atoms with Gasteiger partial charge in [-0.05, 0) is 18.4 Å². The summed E-state index contributed by atoms with van der Waals surface area (Å²) in [5, 5.41) is 7.35. The summed E-state index contributed by atoms with van der Waals surface area (Å²) in [6.07, 6.45) is 1.97. The first-order chi connectivity index (χ1) is 8.47. The zero-order valence-electron chi connectivity index (χ0n) is 10.1. The largest absolute Gasteiger partial charge is 0.355 e. The van der Waals surface area contributed by atoms with Gasteiger partial charge >= 0.3 is 0 Å². The third-order valence-electron chi connectivity index (χ3n) is 2.42. The fraction of sp³-hybridized carbons (Fsp3) is 0.417. The van der Waals surface area contributed by atoms with E-state index in [9.17, 15) is 13.2 Å². The molecule has 0 saturated heterocycles. The highest BCUT2D eigenvalue weighted by Crippen LogP contribution is 2.04. The van der Waals surface area contributed by atoms with Crippen LogP contribution in [0.25, 0.3) is 0 Å². The Morgan fingerprint density at radius 1 is 1.22 bits per heavy atom. The summed E-state index contributed by atoms with van der Waals surface area (Å²) in [5.74, 6) is -0.369. The van der Waals surface area contributed by atoms with E-state index in [1.165, 1.54) is 5.56 Å². The number of nitrogens with one attached hydrogen (secondary N) is 1. The Kier molecular flexibility index (Phi) is 5.80. The zero-order valence-corrected chi connectivity index (χ0v) is 10.9. The molecule has 0 radical (unpaired) electrons. The minimum Gasteiger partial charge on any atom is -0.355 e. The van der Waals surface area contributed by atoms with Crippen molar-refractivity contribution in [1.29, 1.82) is 0 Å². The van der Waals surface area contributed by atoms with Crippen LogP contribution < -0.4 is 10.5 Å². The molecule has 6 heteroatoms. The molecule has 0 aliphatic carbocycles. The lowest BCUT2D eigenvalue weighted by atomic mass is 10.1. The van der Waals surface area contributed by atoms with Gasteiger partial charge in [0.2, 0.25) is 15.9 Å². The standard InChI is InChI=1S/C12H18N2O3S/c13-18(16,17)10-9-14-12(15)8-4-7-11-5-2-1-3-6-11/h1-3,5-6H,4,7-10H2,(H,14,15)(H2,13,16,17). The fourth-order valence-electron chi connectivity index (χ4n) is 1.52. The number of sulfonamides is 1. The number of aryl methyl sites for hydroxylation is 1. The van der Waals surface area contributed by atoms with Gasteiger partial charge in [-0.3, -0.25) is 4.79 Å². The van der Waals surface area contributed by atoms with Gasteiger partial charge in [-0.15, -0.1) is 0 Å². The Morgan fingerprint density at radius 3 is 2.50 bits per heavy atom. The van der Waals surface area contributed by atoms with Crippen LogP contribution in [0.4, 0.5) is 0 Å². The Hall–Kier alpha value is -1.40. The van der Waals surface area contributed by atoms with Crippen molar-refractivity contribution in [3.8, 4) is 0 Å². The Labute approximate surface area is 107 Å². The molecule has 1 amide bonds. The summed E-state index contributed by atoms with van der Waals surface area (Å²) in [6.45, 7) is 0.0724. The molecule has 0 spiro atoms. The van der Waals surface area contributed by atoms with E-state index in [0.29, 0.717) is 6.42 Å². The molecule has 1 aromatic rings. The van der Waals surface area contributed by atoms with Gasteiger partial charge in [-0.25, -0.2) is 13.6 Å². The van der Waals surface area contributed by atoms with Gasteiger partial charge in [0.25, 0.3) is 0 Å². The van der Waals surface area contributed by atoms with Gasteiger partial charge in [0, 0.05) is 13.0 Å². The van der Waals surface area contributed by atoms with Crippen LogP contribution in [0.15, 0.2) is 30.3 Å². The summed E-state index contributed by atoms with van der Waals surface area (Å²) >= 11 is 0. The molecule has 100 valence electrons. The Bertz CT molecular complexity index is 471. The lowest BCUT2D eigenvalue weighted by Gasteiger charge is -2.04. The van der Waals surface area contributed by atoms with Crippen LogP contribution >= 0.6 is 0 Å². The topological polar surface area (TPSA) is 89.3 Å². The van der Waals surface area contributed by atoms with Gasteiger partial charge in [-0.2, -0.15) is 0 Å². The molecule has 1 rings (SSSR count). The molecule has 18 heavy (non-hydrogen) atoms. The van der Waals surface area contributed by atoms with Crippen molar-refractivity contribution in [2.75, 3.05) is 12.3 Å². The predicted molar refractivity (Wildman–Crippen MR) is 70.4 cm³/mol. The maximum absolute atomic E-state index is 11.4. The Balaban J connectivity index is 2.14. The van der Waals surface area contributed by atoms with Crippen LogP contribution in [-0.2, 0) is 21.2 Å². The van der Waals surface area contributed by atoms with Crippen molar-refractivity contribution in [1.82, 2.24) is 5.32 Å². The van der Waals surface area contributed by atoms with Crippen LogP contribution in [0.1, 0.15) is 18.4 Å². The van der Waals surface area contributed by atoms with E-state index >= 15 is 0 Å². The molecule has 0 unspecified atom stereocenters. The van der Waals surface area contributed by atoms with Gasteiger partial charge < -0.3 is 5.32 Å². The second-order valence-electron chi connectivity index (χ2n) is 4.06. The summed E-state index contributed by atoms with van der Waals surface area (Å²) in [5.41, 5.74) is 1.19. The molecule has 0 fully saturated rings. The van der Waals surface area contributed by atoms with Crippen LogP contribution in [0.3, 0.4) is 0 Å². The first kappa shape index (κ1) is 14.7. The monoisotopic (exact) mass is 270 g/mol. The fourth-order valence-corrected chi connectivity index (χ4v) is 1.91. The molecular weight excluding hydrogens is 252 g/mol. The summed E-state index contributed by atoms with van der Waals surface area (Å²) in [6, 6.07) is 9.89. The molecular formula is C12H18N2O3S. The number of benzene rings is 1. The molecule has 0 bridgehead atoms. The average molecular weight is 270 g/mol. The quantitative estimate of drug-likeness (QED) is 0.752. The van der Waals surface area contributed by atoms with Crippen molar-refractivity contribution in [3.05, 3.63) is 35.9 Å². The number of carbonyl (C=O) groups is 1. The molecule has 0 aliphatic rings. The second kappa shape index (κ2) is 7.13. The molecule has 0 atom stereocenters. The number of carbonyl (C=O) groups excluding carboxylic acids is 1. The van der Waals surface area contributed by atoms with E-state index in [4.69, 9.17) is 5.14 Å². The molecule has 5 nitrogen and oxygen atoms in total. The lowest BCUT2D eigenvalue weighted by molar-refractivity contribution is -0.121. The second-order valence-corrected chi connectivity index (χ2v) is 5.79. The molecule has 0 heterocycles. The van der Waals surface area contributed by atoms with Crippen molar-refractivity contribution < 1.29 is 13.2 Å². The summed E-state index contributed by atoms with van der Waals surface area (Å²) < 4.78 is 21.3. The van der Waals surface area contributed by atoms with Crippen LogP contribution in [0.5, 0.6) is 0 Å². The number of amides is 1. The predicted octanol–water partition coefficient (Wildman–Crippen LogP) is 0.414. The smallest absolute Gasteiger partial charge is 0.220 e. The first-order valence-corrected chi connectivity index (χ1v) is 7.50. The highest BCUT2D eigenvalue weighted by molar-refractivity contribution is 7.89. The number of hydrogen-bond acceptors (Lipinski definition) is 3. The van der Waals surface area contributed by atoms with E-state index in [-0.39, 0.29) is 18.2 Å². The highest BCUT2D eigenvalue weighted by atomic mass is 32.2.